The summed E-state index contributed by atoms with van der Waals surface area (Å²) in [7, 11) is 0. The van der Waals surface area contributed by atoms with Crippen molar-refractivity contribution in [3.63, 3.8) is 0 Å². The molecule has 2 aliphatic carbocycles. The maximum absolute atomic E-state index is 11.8. The van der Waals surface area contributed by atoms with E-state index in [-0.39, 0.29) is 0 Å². The third-order valence-corrected chi connectivity index (χ3v) is 6.43. The van der Waals surface area contributed by atoms with E-state index in [1.807, 2.05) is 6.21 Å². The zero-order valence-corrected chi connectivity index (χ0v) is 16.4. The molecule has 0 aromatic rings. The first kappa shape index (κ1) is 18.8. The van der Waals surface area contributed by atoms with Gasteiger partial charge in [-0.25, -0.2) is 0 Å². The minimum absolute atomic E-state index is 0.488. The Labute approximate surface area is 158 Å². The molecule has 1 aliphatic heterocycles. The van der Waals surface area contributed by atoms with Crippen LogP contribution in [0.2, 0.25) is 0 Å². The van der Waals surface area contributed by atoms with Crippen LogP contribution in [0.5, 0.6) is 0 Å². The Morgan fingerprint density at radius 3 is 2.40 bits per heavy atom. The maximum atomic E-state index is 11.8. The van der Waals surface area contributed by atoms with E-state index in [4.69, 9.17) is 17.2 Å². The van der Waals surface area contributed by atoms with E-state index in [1.165, 1.54) is 44.9 Å². The molecule has 0 radical (unpaired) electrons. The Morgan fingerprint density at radius 2 is 1.84 bits per heavy atom. The molecule has 0 bridgehead atoms. The summed E-state index contributed by atoms with van der Waals surface area (Å²) >= 11 is 5.74. The van der Waals surface area contributed by atoms with Crippen molar-refractivity contribution in [1.82, 2.24) is 4.90 Å². The monoisotopic (exact) mass is 360 g/mol. The van der Waals surface area contributed by atoms with Crippen molar-refractivity contribution in [2.45, 2.75) is 71.1 Å². The van der Waals surface area contributed by atoms with Crippen LogP contribution in [0.15, 0.2) is 16.3 Å². The fourth-order valence-electron chi connectivity index (χ4n) is 4.34. The lowest BCUT2D eigenvalue weighted by Gasteiger charge is -2.22. The molecule has 0 spiro atoms. The molecule has 0 aromatic carbocycles. The van der Waals surface area contributed by atoms with Crippen LogP contribution in [0, 0.1) is 17.8 Å². The second-order valence-corrected chi connectivity index (χ2v) is 8.51. The number of hydrogen-bond acceptors (Lipinski definition) is 3. The maximum Gasteiger partial charge on any atom is 0.148 e. The highest BCUT2D eigenvalue weighted by atomic mass is 32.1. The number of carbonyl (C=O) groups excluding carboxylic acids is 1. The zero-order chi connectivity index (χ0) is 17.6. The molecule has 0 aromatic heterocycles. The van der Waals surface area contributed by atoms with Crippen LogP contribution in [0.25, 0.3) is 0 Å². The van der Waals surface area contributed by atoms with Gasteiger partial charge >= 0.3 is 0 Å². The number of nitrogens with zero attached hydrogens (tertiary/aromatic N) is 2. The summed E-state index contributed by atoms with van der Waals surface area (Å²) in [4.78, 5) is 19.8. The summed E-state index contributed by atoms with van der Waals surface area (Å²) in [5.41, 5.74) is 1.85. The molecule has 2 atom stereocenters. The molecule has 3 fully saturated rings. The molecular formula is C21H32N2OS. The fraction of sp³-hybridized carbons (Fsp3) is 0.762. The van der Waals surface area contributed by atoms with Crippen molar-refractivity contribution < 1.29 is 4.79 Å². The summed E-state index contributed by atoms with van der Waals surface area (Å²) in [5.74, 6) is 2.14. The molecule has 138 valence electrons. The second kappa shape index (κ2) is 9.07. The third-order valence-electron chi connectivity index (χ3n) is 6.02. The molecule has 2 unspecified atom stereocenters. The predicted molar refractivity (Wildman–Crippen MR) is 108 cm³/mol. The molecule has 25 heavy (non-hydrogen) atoms. The number of allylic oxidation sites excluding steroid dienone is 1. The van der Waals surface area contributed by atoms with Crippen LogP contribution in [0.4, 0.5) is 0 Å². The number of thiocarbonyl (C=S) groups is 1. The smallest absolute Gasteiger partial charge is 0.148 e. The van der Waals surface area contributed by atoms with Crippen molar-refractivity contribution >= 4 is 29.7 Å². The lowest BCUT2D eigenvalue weighted by Crippen LogP contribution is -2.28. The summed E-state index contributed by atoms with van der Waals surface area (Å²) in [6.07, 6.45) is 14.8. The number of hydrogen-bond donors (Lipinski definition) is 0. The average molecular weight is 361 g/mol. The largest absolute Gasteiger partial charge is 0.365 e. The van der Waals surface area contributed by atoms with Gasteiger partial charge in [0, 0.05) is 42.9 Å². The molecule has 3 aliphatic rings. The van der Waals surface area contributed by atoms with Gasteiger partial charge in [0.1, 0.15) is 6.29 Å². The fourth-order valence-corrected chi connectivity index (χ4v) is 4.65. The Bertz CT molecular complexity index is 536. The van der Waals surface area contributed by atoms with Crippen molar-refractivity contribution in [2.75, 3.05) is 13.1 Å². The Balaban J connectivity index is 1.64. The van der Waals surface area contributed by atoms with E-state index >= 15 is 0 Å². The third kappa shape index (κ3) is 4.99. The molecule has 4 heteroatoms. The molecule has 0 N–H and O–H groups in total. The quantitative estimate of drug-likeness (QED) is 0.202. The van der Waals surface area contributed by atoms with Crippen LogP contribution in [-0.2, 0) is 4.79 Å². The van der Waals surface area contributed by atoms with Crippen LogP contribution in [0.1, 0.15) is 71.1 Å². The standard InChI is InChI=1S/C21H32N2OS/c1-2-3-6-11-22-21(16-9-10-16)19(15-24)12-20(25)23-13-17-7-4-5-8-18(17)14-23/h11,15-18H,2-10,12-14H2,1H3/b21-19-,22-11+. The van der Waals surface area contributed by atoms with Crippen molar-refractivity contribution in [3.05, 3.63) is 11.3 Å². The van der Waals surface area contributed by atoms with Crippen molar-refractivity contribution in [2.24, 2.45) is 22.7 Å². The molecule has 2 saturated carbocycles. The van der Waals surface area contributed by atoms with E-state index in [9.17, 15) is 4.79 Å². The highest BCUT2D eigenvalue weighted by Crippen LogP contribution is 2.40. The van der Waals surface area contributed by atoms with Gasteiger partial charge in [0.25, 0.3) is 0 Å². The van der Waals surface area contributed by atoms with E-state index in [1.54, 1.807) is 0 Å². The SMILES string of the molecule is CCCC/C=N/C(=C(\C=O)CC(=S)N1CC2CCCCC2C1)C1CC1. The van der Waals surface area contributed by atoms with Gasteiger partial charge in [0.05, 0.1) is 4.99 Å². The number of carbonyl (C=O) groups is 1. The van der Waals surface area contributed by atoms with Crippen LogP contribution < -0.4 is 0 Å². The average Bonchev–Trinajstić information content (AvgIpc) is 3.37. The number of likely N-dealkylation sites (tertiary alicyclic amines) is 1. The van der Waals surface area contributed by atoms with Gasteiger partial charge in [-0.15, -0.1) is 0 Å². The zero-order valence-electron chi connectivity index (χ0n) is 15.6. The van der Waals surface area contributed by atoms with E-state index in [0.717, 1.165) is 60.3 Å². The lowest BCUT2D eigenvalue weighted by atomic mass is 9.82. The van der Waals surface area contributed by atoms with E-state index in [2.05, 4.69) is 11.8 Å². The van der Waals surface area contributed by atoms with Gasteiger partial charge in [-0.3, -0.25) is 9.79 Å². The van der Waals surface area contributed by atoms with Crippen molar-refractivity contribution in [3.8, 4) is 0 Å². The van der Waals surface area contributed by atoms with Crippen LogP contribution in [-0.4, -0.2) is 35.5 Å². The molecule has 0 amide bonds. The van der Waals surface area contributed by atoms with Gasteiger partial charge in [-0.05, 0) is 50.4 Å². The number of unbranched alkanes of at least 4 members (excludes halogenated alkanes) is 2. The molecule has 3 nitrogen and oxygen atoms in total. The highest BCUT2D eigenvalue weighted by Gasteiger charge is 2.35. The number of fused-ring (bicyclic) bond motifs is 1. The summed E-state index contributed by atoms with van der Waals surface area (Å²) in [5, 5.41) is 0. The Hall–Kier alpha value is -1.03. The van der Waals surface area contributed by atoms with Gasteiger partial charge in [-0.2, -0.15) is 0 Å². The summed E-state index contributed by atoms with van der Waals surface area (Å²) in [6, 6.07) is 0. The molecule has 1 heterocycles. The first-order chi connectivity index (χ1) is 12.2. The van der Waals surface area contributed by atoms with Crippen LogP contribution in [0.3, 0.4) is 0 Å². The molecular weight excluding hydrogens is 328 g/mol. The number of aliphatic imine (C=N–C) groups is 1. The second-order valence-electron chi connectivity index (χ2n) is 8.04. The van der Waals surface area contributed by atoms with Gasteiger partial charge in [-0.1, -0.05) is 38.4 Å². The topological polar surface area (TPSA) is 32.7 Å². The van der Waals surface area contributed by atoms with Gasteiger partial charge in [0.15, 0.2) is 0 Å². The summed E-state index contributed by atoms with van der Waals surface area (Å²) in [6.45, 7) is 4.40. The first-order valence-electron chi connectivity index (χ1n) is 10.2. The minimum Gasteiger partial charge on any atom is -0.365 e. The minimum atomic E-state index is 0.488. The predicted octanol–water partition coefficient (Wildman–Crippen LogP) is 4.95. The number of aldehydes is 1. The molecule has 1 saturated heterocycles. The van der Waals surface area contributed by atoms with E-state index in [0.29, 0.717) is 12.3 Å². The summed E-state index contributed by atoms with van der Waals surface area (Å²) < 4.78 is 0. The lowest BCUT2D eigenvalue weighted by molar-refractivity contribution is -0.105. The normalized spacial score (nSPS) is 27.3. The van der Waals surface area contributed by atoms with Crippen LogP contribution >= 0.6 is 12.2 Å². The van der Waals surface area contributed by atoms with Crippen molar-refractivity contribution in [1.29, 1.82) is 0 Å². The number of rotatable bonds is 8. The van der Waals surface area contributed by atoms with Gasteiger partial charge in [0.2, 0.25) is 0 Å². The first-order valence-corrected chi connectivity index (χ1v) is 10.6. The molecule has 3 rings (SSSR count). The highest BCUT2D eigenvalue weighted by molar-refractivity contribution is 7.80. The Morgan fingerprint density at radius 1 is 1.16 bits per heavy atom. The van der Waals surface area contributed by atoms with E-state index < -0.39 is 0 Å². The van der Waals surface area contributed by atoms with Gasteiger partial charge < -0.3 is 4.90 Å². The Kier molecular flexibility index (Phi) is 6.80.